The summed E-state index contributed by atoms with van der Waals surface area (Å²) in [6, 6.07) is 10.4. The van der Waals surface area contributed by atoms with Gasteiger partial charge in [-0.1, -0.05) is 30.3 Å². The molecule has 0 spiro atoms. The van der Waals surface area contributed by atoms with E-state index in [1.54, 1.807) is 0 Å². The number of hydrogen-bond donors (Lipinski definition) is 1. The standard InChI is InChI=1S/C15H20N2O2S/c1-12(18)16-11-15(19)17-8-7-14(20-10-9-17)13-5-3-2-4-6-13/h2-6,14H,7-11H2,1H3,(H,16,18). The third-order valence-corrected chi connectivity index (χ3v) is 4.68. The Hall–Kier alpha value is -1.49. The molecule has 1 aliphatic heterocycles. The molecule has 1 atom stereocenters. The van der Waals surface area contributed by atoms with E-state index in [9.17, 15) is 9.59 Å². The fourth-order valence-electron chi connectivity index (χ4n) is 2.27. The lowest BCUT2D eigenvalue weighted by Gasteiger charge is -2.20. The molecule has 0 radical (unpaired) electrons. The maximum atomic E-state index is 12.0. The van der Waals surface area contributed by atoms with E-state index in [-0.39, 0.29) is 18.4 Å². The van der Waals surface area contributed by atoms with Crippen molar-refractivity contribution in [1.82, 2.24) is 10.2 Å². The van der Waals surface area contributed by atoms with Crippen LogP contribution in [0.2, 0.25) is 0 Å². The van der Waals surface area contributed by atoms with Gasteiger partial charge in [-0.05, 0) is 12.0 Å². The zero-order chi connectivity index (χ0) is 14.4. The molecule has 5 heteroatoms. The number of carbonyl (C=O) groups is 2. The average molecular weight is 292 g/mol. The molecule has 2 rings (SSSR count). The lowest BCUT2D eigenvalue weighted by molar-refractivity contribution is -0.132. The highest BCUT2D eigenvalue weighted by atomic mass is 32.2. The molecule has 108 valence electrons. The molecule has 4 nitrogen and oxygen atoms in total. The number of benzene rings is 1. The Morgan fingerprint density at radius 1 is 1.30 bits per heavy atom. The van der Waals surface area contributed by atoms with Crippen molar-refractivity contribution in [2.75, 3.05) is 25.4 Å². The molecule has 1 aromatic carbocycles. The molecule has 2 amide bonds. The molecule has 0 aliphatic carbocycles. The molecule has 0 bridgehead atoms. The van der Waals surface area contributed by atoms with Crippen LogP contribution in [0.25, 0.3) is 0 Å². The predicted octanol–water partition coefficient (Wildman–Crippen LogP) is 1.83. The maximum absolute atomic E-state index is 12.0. The van der Waals surface area contributed by atoms with E-state index in [4.69, 9.17) is 0 Å². The quantitative estimate of drug-likeness (QED) is 0.924. The van der Waals surface area contributed by atoms with E-state index in [2.05, 4.69) is 29.6 Å². The van der Waals surface area contributed by atoms with Crippen molar-refractivity contribution in [2.45, 2.75) is 18.6 Å². The molecular formula is C15H20N2O2S. The summed E-state index contributed by atoms with van der Waals surface area (Å²) in [6.07, 6.45) is 0.959. The van der Waals surface area contributed by atoms with Gasteiger partial charge in [0.25, 0.3) is 0 Å². The Bertz CT molecular complexity index is 464. The zero-order valence-corrected chi connectivity index (χ0v) is 12.5. The summed E-state index contributed by atoms with van der Waals surface area (Å²) in [5.41, 5.74) is 1.33. The third-order valence-electron chi connectivity index (χ3n) is 3.35. The van der Waals surface area contributed by atoms with Gasteiger partial charge in [0.05, 0.1) is 6.54 Å². The number of amides is 2. The van der Waals surface area contributed by atoms with Crippen LogP contribution < -0.4 is 5.32 Å². The Labute approximate surface area is 123 Å². The molecule has 1 heterocycles. The first-order valence-corrected chi connectivity index (χ1v) is 7.90. The molecule has 1 aromatic rings. The summed E-state index contributed by atoms with van der Waals surface area (Å²) in [7, 11) is 0. The van der Waals surface area contributed by atoms with Crippen LogP contribution >= 0.6 is 11.8 Å². The lowest BCUT2D eigenvalue weighted by atomic mass is 10.1. The highest BCUT2D eigenvalue weighted by Crippen LogP contribution is 2.34. The minimum atomic E-state index is -0.162. The first-order valence-electron chi connectivity index (χ1n) is 6.85. The van der Waals surface area contributed by atoms with Crippen molar-refractivity contribution < 1.29 is 9.59 Å². The second-order valence-electron chi connectivity index (χ2n) is 4.85. The second kappa shape index (κ2) is 7.33. The van der Waals surface area contributed by atoms with Crippen molar-refractivity contribution >= 4 is 23.6 Å². The highest BCUT2D eigenvalue weighted by molar-refractivity contribution is 7.99. The van der Waals surface area contributed by atoms with Crippen LogP contribution in [0.3, 0.4) is 0 Å². The summed E-state index contributed by atoms with van der Waals surface area (Å²) < 4.78 is 0. The summed E-state index contributed by atoms with van der Waals surface area (Å²) >= 11 is 1.90. The maximum Gasteiger partial charge on any atom is 0.241 e. The van der Waals surface area contributed by atoms with Gasteiger partial charge in [0, 0.05) is 31.0 Å². The Kier molecular flexibility index (Phi) is 5.47. The Balaban J connectivity index is 1.89. The number of hydrogen-bond acceptors (Lipinski definition) is 3. The topological polar surface area (TPSA) is 49.4 Å². The largest absolute Gasteiger partial charge is 0.347 e. The number of rotatable bonds is 3. The molecule has 1 N–H and O–H groups in total. The number of nitrogens with zero attached hydrogens (tertiary/aromatic N) is 1. The van der Waals surface area contributed by atoms with Gasteiger partial charge in [-0.25, -0.2) is 0 Å². The zero-order valence-electron chi connectivity index (χ0n) is 11.7. The predicted molar refractivity (Wildman–Crippen MR) is 81.5 cm³/mol. The van der Waals surface area contributed by atoms with Crippen molar-refractivity contribution in [2.24, 2.45) is 0 Å². The van der Waals surface area contributed by atoms with E-state index < -0.39 is 0 Å². The highest BCUT2D eigenvalue weighted by Gasteiger charge is 2.21. The van der Waals surface area contributed by atoms with Crippen molar-refractivity contribution in [3.8, 4) is 0 Å². The fraction of sp³-hybridized carbons (Fsp3) is 0.467. The minimum absolute atomic E-state index is 0.00881. The van der Waals surface area contributed by atoms with Crippen LogP contribution in [0.15, 0.2) is 30.3 Å². The number of thioether (sulfide) groups is 1. The third kappa shape index (κ3) is 4.27. The molecule has 20 heavy (non-hydrogen) atoms. The van der Waals surface area contributed by atoms with Gasteiger partial charge in [-0.2, -0.15) is 11.8 Å². The van der Waals surface area contributed by atoms with Crippen LogP contribution in [-0.4, -0.2) is 42.1 Å². The van der Waals surface area contributed by atoms with Gasteiger partial charge < -0.3 is 10.2 Å². The normalized spacial score (nSPS) is 19.2. The van der Waals surface area contributed by atoms with Gasteiger partial charge in [0.15, 0.2) is 0 Å². The van der Waals surface area contributed by atoms with Crippen LogP contribution in [0.1, 0.15) is 24.2 Å². The van der Waals surface area contributed by atoms with Crippen molar-refractivity contribution in [1.29, 1.82) is 0 Å². The molecule has 1 aliphatic rings. The second-order valence-corrected chi connectivity index (χ2v) is 6.16. The van der Waals surface area contributed by atoms with Crippen LogP contribution in [0, 0.1) is 0 Å². The minimum Gasteiger partial charge on any atom is -0.347 e. The van der Waals surface area contributed by atoms with Crippen LogP contribution in [0.4, 0.5) is 0 Å². The number of nitrogens with one attached hydrogen (secondary N) is 1. The SMILES string of the molecule is CC(=O)NCC(=O)N1CCSC(c2ccccc2)CC1. The molecule has 1 saturated heterocycles. The first kappa shape index (κ1) is 14.9. The van der Waals surface area contributed by atoms with Gasteiger partial charge >= 0.3 is 0 Å². The summed E-state index contributed by atoms with van der Waals surface area (Å²) in [5, 5.41) is 3.02. The van der Waals surface area contributed by atoms with Gasteiger partial charge in [0.2, 0.25) is 11.8 Å². The first-order chi connectivity index (χ1) is 9.66. The molecular weight excluding hydrogens is 272 g/mol. The average Bonchev–Trinajstić information content (AvgIpc) is 2.71. The fourth-order valence-corrected chi connectivity index (χ4v) is 3.50. The van der Waals surface area contributed by atoms with E-state index in [0.29, 0.717) is 5.25 Å². The van der Waals surface area contributed by atoms with E-state index >= 15 is 0 Å². The van der Waals surface area contributed by atoms with Crippen molar-refractivity contribution in [3.05, 3.63) is 35.9 Å². The molecule has 0 saturated carbocycles. The number of carbonyl (C=O) groups excluding carboxylic acids is 2. The van der Waals surface area contributed by atoms with E-state index in [0.717, 1.165) is 25.3 Å². The molecule has 0 aromatic heterocycles. The van der Waals surface area contributed by atoms with E-state index in [1.165, 1.54) is 12.5 Å². The Morgan fingerprint density at radius 2 is 2.05 bits per heavy atom. The van der Waals surface area contributed by atoms with Gasteiger partial charge in [-0.15, -0.1) is 0 Å². The summed E-state index contributed by atoms with van der Waals surface area (Å²) in [5.74, 6) is 0.782. The monoisotopic (exact) mass is 292 g/mol. The van der Waals surface area contributed by atoms with Gasteiger partial charge in [0.1, 0.15) is 0 Å². The van der Waals surface area contributed by atoms with E-state index in [1.807, 2.05) is 22.7 Å². The van der Waals surface area contributed by atoms with Gasteiger partial charge in [-0.3, -0.25) is 9.59 Å². The summed E-state index contributed by atoms with van der Waals surface area (Å²) in [6.45, 7) is 3.05. The Morgan fingerprint density at radius 3 is 2.75 bits per heavy atom. The van der Waals surface area contributed by atoms with Crippen LogP contribution in [-0.2, 0) is 9.59 Å². The smallest absolute Gasteiger partial charge is 0.241 e. The molecule has 1 fully saturated rings. The van der Waals surface area contributed by atoms with Crippen LogP contribution in [0.5, 0.6) is 0 Å². The summed E-state index contributed by atoms with van der Waals surface area (Å²) in [4.78, 5) is 24.7. The van der Waals surface area contributed by atoms with Crippen molar-refractivity contribution in [3.63, 3.8) is 0 Å². The molecule has 1 unspecified atom stereocenters. The lowest BCUT2D eigenvalue weighted by Crippen LogP contribution is -2.40.